The van der Waals surface area contributed by atoms with Gasteiger partial charge in [0.25, 0.3) is 0 Å². The normalized spacial score (nSPS) is 18.0. The van der Waals surface area contributed by atoms with E-state index in [4.69, 9.17) is 14.9 Å². The third-order valence-corrected chi connectivity index (χ3v) is 3.24. The first-order valence-corrected chi connectivity index (χ1v) is 6.43. The topological polar surface area (TPSA) is 113 Å². The summed E-state index contributed by atoms with van der Waals surface area (Å²) in [6.45, 7) is 0.141. The molecular weight excluding hydrogens is 278 g/mol. The van der Waals surface area contributed by atoms with Crippen molar-refractivity contribution in [3.8, 4) is 5.75 Å². The summed E-state index contributed by atoms with van der Waals surface area (Å²) in [6, 6.07) is 5.85. The molecule has 0 saturated carbocycles. The van der Waals surface area contributed by atoms with Crippen LogP contribution in [0.2, 0.25) is 0 Å². The molecule has 112 valence electrons. The van der Waals surface area contributed by atoms with Gasteiger partial charge in [-0.3, -0.25) is 9.59 Å². The van der Waals surface area contributed by atoms with Crippen LogP contribution in [0.25, 0.3) is 0 Å². The number of aliphatic carboxylic acids is 2. The minimum Gasteiger partial charge on any atom is -0.492 e. The van der Waals surface area contributed by atoms with Crippen molar-refractivity contribution >= 4 is 17.8 Å². The molecule has 0 radical (unpaired) electrons. The zero-order valence-electron chi connectivity index (χ0n) is 11.1. The fourth-order valence-corrected chi connectivity index (χ4v) is 2.16. The van der Waals surface area contributed by atoms with Crippen LogP contribution in [0.1, 0.15) is 12.0 Å². The molecule has 1 aliphatic rings. The van der Waals surface area contributed by atoms with Crippen molar-refractivity contribution < 1.29 is 29.3 Å². The summed E-state index contributed by atoms with van der Waals surface area (Å²) in [5, 5.41) is 19.8. The Bertz CT molecular complexity index is 570. The Morgan fingerprint density at radius 3 is 2.67 bits per heavy atom. The Morgan fingerprint density at radius 2 is 2.00 bits per heavy atom. The zero-order valence-corrected chi connectivity index (χ0v) is 11.1. The smallest absolute Gasteiger partial charge is 0.326 e. The Balaban J connectivity index is 2.01. The van der Waals surface area contributed by atoms with Crippen molar-refractivity contribution in [3.05, 3.63) is 29.8 Å². The zero-order chi connectivity index (χ0) is 15.4. The van der Waals surface area contributed by atoms with Crippen molar-refractivity contribution in [1.29, 1.82) is 0 Å². The van der Waals surface area contributed by atoms with Gasteiger partial charge in [0.2, 0.25) is 5.91 Å². The molecule has 21 heavy (non-hydrogen) atoms. The molecular formula is C14H15NO6. The van der Waals surface area contributed by atoms with Gasteiger partial charge in [-0.15, -0.1) is 0 Å². The molecule has 0 aliphatic carbocycles. The second-order valence-electron chi connectivity index (χ2n) is 4.82. The molecule has 0 fully saturated rings. The van der Waals surface area contributed by atoms with Crippen molar-refractivity contribution in [2.45, 2.75) is 18.9 Å². The molecule has 1 amide bonds. The number of para-hydroxylation sites is 1. The number of nitrogens with one attached hydrogen (secondary N) is 1. The largest absolute Gasteiger partial charge is 0.492 e. The maximum Gasteiger partial charge on any atom is 0.326 e. The lowest BCUT2D eigenvalue weighted by molar-refractivity contribution is -0.147. The third-order valence-electron chi connectivity index (χ3n) is 3.24. The summed E-state index contributed by atoms with van der Waals surface area (Å²) in [4.78, 5) is 33.6. The molecule has 1 aromatic carbocycles. The monoisotopic (exact) mass is 293 g/mol. The predicted molar refractivity (Wildman–Crippen MR) is 71.0 cm³/mol. The molecule has 2 unspecified atom stereocenters. The first kappa shape index (κ1) is 14.8. The fraction of sp³-hybridized carbons (Fsp3) is 0.357. The molecule has 3 N–H and O–H groups in total. The Kier molecular flexibility index (Phi) is 4.42. The number of carbonyl (C=O) groups excluding carboxylic acids is 1. The number of carbonyl (C=O) groups is 3. The third kappa shape index (κ3) is 3.71. The molecule has 2 rings (SSSR count). The van der Waals surface area contributed by atoms with E-state index < -0.39 is 36.2 Å². The van der Waals surface area contributed by atoms with E-state index in [9.17, 15) is 14.4 Å². The number of ether oxygens (including phenoxy) is 1. The van der Waals surface area contributed by atoms with E-state index in [1.807, 2.05) is 18.2 Å². The van der Waals surface area contributed by atoms with Crippen LogP contribution in [0.3, 0.4) is 0 Å². The molecule has 0 saturated heterocycles. The van der Waals surface area contributed by atoms with Crippen LogP contribution in [-0.4, -0.2) is 40.7 Å². The van der Waals surface area contributed by atoms with Crippen LogP contribution in [-0.2, 0) is 20.8 Å². The average Bonchev–Trinajstić information content (AvgIpc) is 2.45. The molecule has 1 heterocycles. The lowest BCUT2D eigenvalue weighted by Crippen LogP contribution is -2.47. The number of hydrogen-bond acceptors (Lipinski definition) is 4. The lowest BCUT2D eigenvalue weighted by Gasteiger charge is -2.25. The van der Waals surface area contributed by atoms with E-state index in [2.05, 4.69) is 5.32 Å². The van der Waals surface area contributed by atoms with E-state index in [-0.39, 0.29) is 6.61 Å². The van der Waals surface area contributed by atoms with Crippen LogP contribution in [0.5, 0.6) is 5.75 Å². The molecule has 0 aromatic heterocycles. The molecule has 1 aliphatic heterocycles. The van der Waals surface area contributed by atoms with Gasteiger partial charge in [-0.1, -0.05) is 18.2 Å². The summed E-state index contributed by atoms with van der Waals surface area (Å²) < 4.78 is 5.46. The SMILES string of the molecule is O=C(O)CC(NC(=O)C1COc2ccccc2C1)C(=O)O. The van der Waals surface area contributed by atoms with Crippen molar-refractivity contribution in [2.75, 3.05) is 6.61 Å². The molecule has 1 aromatic rings. The van der Waals surface area contributed by atoms with E-state index in [1.165, 1.54) is 0 Å². The van der Waals surface area contributed by atoms with E-state index >= 15 is 0 Å². The quantitative estimate of drug-likeness (QED) is 0.719. The fourth-order valence-electron chi connectivity index (χ4n) is 2.16. The number of amides is 1. The summed E-state index contributed by atoms with van der Waals surface area (Å²) >= 11 is 0. The summed E-state index contributed by atoms with van der Waals surface area (Å²) in [5.41, 5.74) is 0.869. The molecule has 7 nitrogen and oxygen atoms in total. The molecule has 0 bridgehead atoms. The highest BCUT2D eigenvalue weighted by molar-refractivity contribution is 5.88. The number of rotatable bonds is 5. The summed E-state index contributed by atoms with van der Waals surface area (Å²) in [6.07, 6.45) is -0.230. The number of carboxylic acid groups (broad SMARTS) is 2. The number of hydrogen-bond donors (Lipinski definition) is 3. The number of fused-ring (bicyclic) bond motifs is 1. The highest BCUT2D eigenvalue weighted by Crippen LogP contribution is 2.26. The molecule has 2 atom stereocenters. The Labute approximate surface area is 120 Å². The van der Waals surface area contributed by atoms with Gasteiger partial charge < -0.3 is 20.3 Å². The van der Waals surface area contributed by atoms with E-state index in [0.29, 0.717) is 12.2 Å². The van der Waals surface area contributed by atoms with Gasteiger partial charge in [0.1, 0.15) is 18.4 Å². The minimum absolute atomic E-state index is 0.141. The highest BCUT2D eigenvalue weighted by atomic mass is 16.5. The summed E-state index contributed by atoms with van der Waals surface area (Å²) in [7, 11) is 0. The summed E-state index contributed by atoms with van der Waals surface area (Å²) in [5.74, 6) is -2.99. The van der Waals surface area contributed by atoms with Crippen molar-refractivity contribution in [3.63, 3.8) is 0 Å². The van der Waals surface area contributed by atoms with Crippen molar-refractivity contribution in [2.24, 2.45) is 5.92 Å². The standard InChI is InChI=1S/C14H15NO6/c16-12(17)6-10(14(19)20)15-13(18)9-5-8-3-1-2-4-11(8)21-7-9/h1-4,9-10H,5-7H2,(H,15,18)(H,16,17)(H,19,20). The predicted octanol–water partition coefficient (Wildman–Crippen LogP) is 0.282. The van der Waals surface area contributed by atoms with Gasteiger partial charge in [-0.2, -0.15) is 0 Å². The lowest BCUT2D eigenvalue weighted by atomic mass is 9.95. The van der Waals surface area contributed by atoms with Crippen molar-refractivity contribution in [1.82, 2.24) is 5.32 Å². The Hall–Kier alpha value is -2.57. The van der Waals surface area contributed by atoms with Gasteiger partial charge in [0, 0.05) is 0 Å². The van der Waals surface area contributed by atoms with E-state index in [0.717, 1.165) is 5.56 Å². The second kappa shape index (κ2) is 6.25. The molecule has 0 spiro atoms. The highest BCUT2D eigenvalue weighted by Gasteiger charge is 2.30. The van der Waals surface area contributed by atoms with Crippen LogP contribution >= 0.6 is 0 Å². The minimum atomic E-state index is -1.44. The first-order chi connectivity index (χ1) is 9.97. The second-order valence-corrected chi connectivity index (χ2v) is 4.82. The van der Waals surface area contributed by atoms with Crippen LogP contribution in [0.4, 0.5) is 0 Å². The maximum absolute atomic E-state index is 12.1. The van der Waals surface area contributed by atoms with Crippen LogP contribution in [0, 0.1) is 5.92 Å². The maximum atomic E-state index is 12.1. The average molecular weight is 293 g/mol. The Morgan fingerprint density at radius 1 is 1.29 bits per heavy atom. The first-order valence-electron chi connectivity index (χ1n) is 6.43. The van der Waals surface area contributed by atoms with E-state index in [1.54, 1.807) is 6.07 Å². The van der Waals surface area contributed by atoms with Gasteiger partial charge in [-0.05, 0) is 18.1 Å². The van der Waals surface area contributed by atoms with Crippen LogP contribution in [0.15, 0.2) is 24.3 Å². The molecule has 7 heteroatoms. The van der Waals surface area contributed by atoms with Crippen LogP contribution < -0.4 is 10.1 Å². The van der Waals surface area contributed by atoms with Gasteiger partial charge in [-0.25, -0.2) is 4.79 Å². The number of carboxylic acids is 2. The number of benzene rings is 1. The van der Waals surface area contributed by atoms with Gasteiger partial charge in [0.05, 0.1) is 12.3 Å². The van der Waals surface area contributed by atoms with Gasteiger partial charge >= 0.3 is 11.9 Å². The van der Waals surface area contributed by atoms with Gasteiger partial charge in [0.15, 0.2) is 0 Å².